The largest absolute Gasteiger partial charge is 0.332 e. The third kappa shape index (κ3) is 3.09. The molecular weight excluding hydrogens is 343 g/mol. The van der Waals surface area contributed by atoms with Gasteiger partial charge in [0.1, 0.15) is 16.2 Å². The fourth-order valence-corrected chi connectivity index (χ4v) is 3.38. The minimum Gasteiger partial charge on any atom is -0.280 e. The highest BCUT2D eigenvalue weighted by molar-refractivity contribution is 8.00. The number of aryl methyl sites for hydroxylation is 1. The third-order valence-corrected chi connectivity index (χ3v) is 4.69. The first kappa shape index (κ1) is 17.3. The second kappa shape index (κ2) is 6.44. The standard InChI is InChI=1S/C17H17FN4O2S/c1-9(2)25-15-12-14(21(3)17(24)22(4)16(12)23)19-13(20-15)10-6-5-7-11(18)8-10/h5-9H,1-4H3. The number of benzene rings is 1. The van der Waals surface area contributed by atoms with E-state index in [1.165, 1.54) is 35.5 Å². The van der Waals surface area contributed by atoms with Crippen molar-refractivity contribution in [3.05, 3.63) is 50.9 Å². The minimum absolute atomic E-state index is 0.167. The van der Waals surface area contributed by atoms with Gasteiger partial charge in [0.25, 0.3) is 5.56 Å². The Bertz CT molecular complexity index is 1090. The van der Waals surface area contributed by atoms with Crippen molar-refractivity contribution in [1.29, 1.82) is 0 Å². The lowest BCUT2D eigenvalue weighted by molar-refractivity contribution is 0.628. The lowest BCUT2D eigenvalue weighted by Gasteiger charge is -2.13. The summed E-state index contributed by atoms with van der Waals surface area (Å²) in [5.41, 5.74) is -0.180. The molecule has 2 heterocycles. The Labute approximate surface area is 147 Å². The summed E-state index contributed by atoms with van der Waals surface area (Å²) in [7, 11) is 2.98. The maximum absolute atomic E-state index is 13.6. The summed E-state index contributed by atoms with van der Waals surface area (Å²) in [6, 6.07) is 5.91. The SMILES string of the molecule is CC(C)Sc1nc(-c2cccc(F)c2)nc2c1c(=O)n(C)c(=O)n2C. The van der Waals surface area contributed by atoms with Crippen LogP contribution in [0.5, 0.6) is 0 Å². The highest BCUT2D eigenvalue weighted by atomic mass is 32.2. The van der Waals surface area contributed by atoms with Gasteiger partial charge in [0.05, 0.1) is 0 Å². The molecule has 130 valence electrons. The Morgan fingerprint density at radius 2 is 1.84 bits per heavy atom. The van der Waals surface area contributed by atoms with Crippen LogP contribution in [-0.2, 0) is 14.1 Å². The maximum Gasteiger partial charge on any atom is 0.332 e. The summed E-state index contributed by atoms with van der Waals surface area (Å²) in [6.07, 6.45) is 0. The number of hydrogen-bond donors (Lipinski definition) is 0. The molecule has 25 heavy (non-hydrogen) atoms. The van der Waals surface area contributed by atoms with Gasteiger partial charge >= 0.3 is 5.69 Å². The summed E-state index contributed by atoms with van der Waals surface area (Å²) in [4.78, 5) is 33.7. The Morgan fingerprint density at radius 1 is 1.12 bits per heavy atom. The van der Waals surface area contributed by atoms with Crippen molar-refractivity contribution in [2.45, 2.75) is 24.1 Å². The fourth-order valence-electron chi connectivity index (χ4n) is 2.49. The number of rotatable bonds is 3. The van der Waals surface area contributed by atoms with Crippen molar-refractivity contribution in [2.75, 3.05) is 0 Å². The second-order valence-corrected chi connectivity index (χ2v) is 7.50. The van der Waals surface area contributed by atoms with E-state index in [1.54, 1.807) is 19.2 Å². The zero-order valence-electron chi connectivity index (χ0n) is 14.3. The molecule has 0 N–H and O–H groups in total. The molecule has 8 heteroatoms. The molecule has 3 aromatic rings. The van der Waals surface area contributed by atoms with E-state index >= 15 is 0 Å². The summed E-state index contributed by atoms with van der Waals surface area (Å²) in [5, 5.41) is 0.944. The van der Waals surface area contributed by atoms with Crippen LogP contribution in [0.15, 0.2) is 38.9 Å². The summed E-state index contributed by atoms with van der Waals surface area (Å²) >= 11 is 1.40. The smallest absolute Gasteiger partial charge is 0.280 e. The summed E-state index contributed by atoms with van der Waals surface area (Å²) in [5.74, 6) is -0.129. The number of halogens is 1. The van der Waals surface area contributed by atoms with Crippen LogP contribution in [0.2, 0.25) is 0 Å². The molecule has 0 fully saturated rings. The molecule has 0 atom stereocenters. The molecule has 0 saturated heterocycles. The normalized spacial score (nSPS) is 11.4. The quantitative estimate of drug-likeness (QED) is 0.530. The van der Waals surface area contributed by atoms with Crippen LogP contribution in [0, 0.1) is 5.82 Å². The molecule has 0 aliphatic heterocycles. The van der Waals surface area contributed by atoms with E-state index in [0.29, 0.717) is 16.0 Å². The molecule has 0 aliphatic carbocycles. The van der Waals surface area contributed by atoms with Crippen molar-refractivity contribution in [1.82, 2.24) is 19.1 Å². The van der Waals surface area contributed by atoms with Gasteiger partial charge in [0, 0.05) is 24.9 Å². The minimum atomic E-state index is -0.470. The molecular formula is C17H17FN4O2S. The maximum atomic E-state index is 13.6. The molecule has 3 rings (SSSR count). The number of thioether (sulfide) groups is 1. The van der Waals surface area contributed by atoms with Crippen LogP contribution in [0.4, 0.5) is 4.39 Å². The average Bonchev–Trinajstić information content (AvgIpc) is 2.57. The van der Waals surface area contributed by atoms with Gasteiger partial charge in [0.15, 0.2) is 11.5 Å². The second-order valence-electron chi connectivity index (χ2n) is 5.93. The molecule has 2 aromatic heterocycles. The average molecular weight is 360 g/mol. The van der Waals surface area contributed by atoms with Gasteiger partial charge in [-0.25, -0.2) is 19.2 Å². The Morgan fingerprint density at radius 3 is 2.48 bits per heavy atom. The van der Waals surface area contributed by atoms with E-state index in [4.69, 9.17) is 0 Å². The summed E-state index contributed by atoms with van der Waals surface area (Å²) < 4.78 is 15.9. The van der Waals surface area contributed by atoms with Crippen LogP contribution in [0.3, 0.4) is 0 Å². The molecule has 6 nitrogen and oxygen atoms in total. The van der Waals surface area contributed by atoms with Gasteiger partial charge in [-0.15, -0.1) is 11.8 Å². The van der Waals surface area contributed by atoms with E-state index in [0.717, 1.165) is 4.57 Å². The van der Waals surface area contributed by atoms with Gasteiger partial charge in [-0.1, -0.05) is 26.0 Å². The number of nitrogens with zero attached hydrogens (tertiary/aromatic N) is 4. The van der Waals surface area contributed by atoms with Gasteiger partial charge in [0.2, 0.25) is 0 Å². The summed E-state index contributed by atoms with van der Waals surface area (Å²) in [6.45, 7) is 3.96. The van der Waals surface area contributed by atoms with E-state index in [-0.39, 0.29) is 16.7 Å². The van der Waals surface area contributed by atoms with Crippen LogP contribution in [0.25, 0.3) is 22.4 Å². The molecule has 0 unspecified atom stereocenters. The molecule has 0 bridgehead atoms. The Balaban J connectivity index is 2.43. The van der Waals surface area contributed by atoms with Crippen molar-refractivity contribution < 1.29 is 4.39 Å². The molecule has 0 amide bonds. The van der Waals surface area contributed by atoms with E-state index in [2.05, 4.69) is 9.97 Å². The molecule has 1 aromatic carbocycles. The van der Waals surface area contributed by atoms with E-state index < -0.39 is 17.1 Å². The molecule has 0 aliphatic rings. The first-order chi connectivity index (χ1) is 11.8. The van der Waals surface area contributed by atoms with Gasteiger partial charge in [-0.3, -0.25) is 13.9 Å². The number of hydrogen-bond acceptors (Lipinski definition) is 5. The van der Waals surface area contributed by atoms with Crippen LogP contribution < -0.4 is 11.2 Å². The zero-order chi connectivity index (χ0) is 18.3. The highest BCUT2D eigenvalue weighted by Crippen LogP contribution is 2.28. The van der Waals surface area contributed by atoms with Crippen LogP contribution >= 0.6 is 11.8 Å². The van der Waals surface area contributed by atoms with E-state index in [9.17, 15) is 14.0 Å². The zero-order valence-corrected chi connectivity index (χ0v) is 15.1. The predicted molar refractivity (Wildman–Crippen MR) is 96.4 cm³/mol. The first-order valence-corrected chi connectivity index (χ1v) is 8.58. The fraction of sp³-hybridized carbons (Fsp3) is 0.294. The molecule has 0 saturated carbocycles. The molecule has 0 spiro atoms. The van der Waals surface area contributed by atoms with Crippen molar-refractivity contribution in [2.24, 2.45) is 14.1 Å². The third-order valence-electron chi connectivity index (χ3n) is 3.70. The monoisotopic (exact) mass is 360 g/mol. The Hall–Kier alpha value is -2.48. The van der Waals surface area contributed by atoms with Gasteiger partial charge < -0.3 is 0 Å². The topological polar surface area (TPSA) is 69.8 Å². The Kier molecular flexibility index (Phi) is 4.47. The van der Waals surface area contributed by atoms with Crippen molar-refractivity contribution >= 4 is 22.8 Å². The van der Waals surface area contributed by atoms with Gasteiger partial charge in [-0.2, -0.15) is 0 Å². The number of aromatic nitrogens is 4. The van der Waals surface area contributed by atoms with Crippen LogP contribution in [-0.4, -0.2) is 24.4 Å². The predicted octanol–water partition coefficient (Wildman–Crippen LogP) is 2.33. The highest BCUT2D eigenvalue weighted by Gasteiger charge is 2.19. The van der Waals surface area contributed by atoms with Crippen LogP contribution in [0.1, 0.15) is 13.8 Å². The van der Waals surface area contributed by atoms with Crippen molar-refractivity contribution in [3.63, 3.8) is 0 Å². The van der Waals surface area contributed by atoms with Gasteiger partial charge in [-0.05, 0) is 12.1 Å². The lowest BCUT2D eigenvalue weighted by Crippen LogP contribution is -2.37. The van der Waals surface area contributed by atoms with Crippen molar-refractivity contribution in [3.8, 4) is 11.4 Å². The first-order valence-electron chi connectivity index (χ1n) is 7.70. The number of fused-ring (bicyclic) bond motifs is 1. The van der Waals surface area contributed by atoms with E-state index in [1.807, 2.05) is 13.8 Å². The lowest BCUT2D eigenvalue weighted by atomic mass is 10.2. The molecule has 0 radical (unpaired) electrons.